The average molecular weight is 329 g/mol. The second-order valence-corrected chi connectivity index (χ2v) is 7.06. The number of nitrogens with zero attached hydrogens (tertiary/aromatic N) is 2. The van der Waals surface area contributed by atoms with Crippen molar-refractivity contribution in [1.29, 1.82) is 0 Å². The molecule has 1 N–H and O–H groups in total. The lowest BCUT2D eigenvalue weighted by Gasteiger charge is -2.34. The monoisotopic (exact) mass is 329 g/mol. The highest BCUT2D eigenvalue weighted by atomic mass is 32.2. The minimum Gasteiger partial charge on any atom is -0.478 e. The number of hydrogen-bond acceptors (Lipinski definition) is 5. The molecular weight excluding hydrogens is 306 g/mol. The van der Waals surface area contributed by atoms with Crippen LogP contribution in [0.15, 0.2) is 18.3 Å². The van der Waals surface area contributed by atoms with Crippen LogP contribution >= 0.6 is 0 Å². The van der Waals surface area contributed by atoms with Gasteiger partial charge in [0.25, 0.3) is 10.2 Å². The van der Waals surface area contributed by atoms with Gasteiger partial charge in [-0.05, 0) is 26.8 Å². The van der Waals surface area contributed by atoms with Gasteiger partial charge in [0.2, 0.25) is 5.88 Å². The van der Waals surface area contributed by atoms with Gasteiger partial charge in [0.15, 0.2) is 0 Å². The molecule has 7 nitrogen and oxygen atoms in total. The van der Waals surface area contributed by atoms with Gasteiger partial charge in [0.05, 0.1) is 18.8 Å². The summed E-state index contributed by atoms with van der Waals surface area (Å²) in [6, 6.07) is 3.55. The van der Waals surface area contributed by atoms with Gasteiger partial charge >= 0.3 is 0 Å². The van der Waals surface area contributed by atoms with Gasteiger partial charge in [0.1, 0.15) is 0 Å². The zero-order chi connectivity index (χ0) is 16.2. The Bertz CT molecular complexity index is 584. The van der Waals surface area contributed by atoms with Crippen molar-refractivity contribution in [2.45, 2.75) is 39.5 Å². The first kappa shape index (κ1) is 17.1. The number of nitrogens with one attached hydrogen (secondary N) is 1. The Labute approximate surface area is 131 Å². The van der Waals surface area contributed by atoms with Gasteiger partial charge < -0.3 is 9.47 Å². The third-order valence-electron chi connectivity index (χ3n) is 3.30. The normalized spacial score (nSPS) is 23.4. The Morgan fingerprint density at radius 2 is 2.09 bits per heavy atom. The van der Waals surface area contributed by atoms with Crippen molar-refractivity contribution in [1.82, 2.24) is 14.0 Å². The molecule has 2 rings (SSSR count). The number of rotatable bonds is 6. The molecule has 0 bridgehead atoms. The molecule has 2 atom stereocenters. The van der Waals surface area contributed by atoms with Crippen molar-refractivity contribution in [3.63, 3.8) is 0 Å². The molecule has 1 saturated heterocycles. The van der Waals surface area contributed by atoms with Crippen LogP contribution in [0.1, 0.15) is 26.3 Å². The number of hydrogen-bond donors (Lipinski definition) is 1. The van der Waals surface area contributed by atoms with E-state index in [9.17, 15) is 8.42 Å². The fourth-order valence-corrected chi connectivity index (χ4v) is 3.75. The zero-order valence-electron chi connectivity index (χ0n) is 13.2. The molecule has 0 spiro atoms. The molecule has 0 radical (unpaired) electrons. The van der Waals surface area contributed by atoms with Crippen molar-refractivity contribution >= 4 is 10.2 Å². The number of aromatic nitrogens is 1. The van der Waals surface area contributed by atoms with E-state index in [-0.39, 0.29) is 18.8 Å². The lowest BCUT2D eigenvalue weighted by molar-refractivity contribution is -0.0444. The van der Waals surface area contributed by atoms with Crippen LogP contribution in [-0.2, 0) is 21.5 Å². The van der Waals surface area contributed by atoms with E-state index in [1.54, 1.807) is 18.3 Å². The number of morpholine rings is 1. The van der Waals surface area contributed by atoms with Crippen LogP contribution < -0.4 is 9.46 Å². The summed E-state index contributed by atoms with van der Waals surface area (Å²) < 4.78 is 39.8. The van der Waals surface area contributed by atoms with E-state index in [4.69, 9.17) is 9.47 Å². The third-order valence-corrected chi connectivity index (χ3v) is 4.79. The van der Waals surface area contributed by atoms with Gasteiger partial charge in [-0.2, -0.15) is 17.4 Å². The summed E-state index contributed by atoms with van der Waals surface area (Å²) in [6.07, 6.45) is 1.39. The van der Waals surface area contributed by atoms with Crippen molar-refractivity contribution in [2.24, 2.45) is 0 Å². The SMILES string of the molecule is CCOc1ncccc1CNS(=O)(=O)N1C[C@@H](C)O[C@@H](C)C1. The van der Waals surface area contributed by atoms with E-state index in [0.29, 0.717) is 31.1 Å². The molecule has 8 heteroatoms. The van der Waals surface area contributed by atoms with Crippen LogP contribution in [0.2, 0.25) is 0 Å². The maximum Gasteiger partial charge on any atom is 0.279 e. The van der Waals surface area contributed by atoms with E-state index in [0.717, 1.165) is 0 Å². The summed E-state index contributed by atoms with van der Waals surface area (Å²) in [5.41, 5.74) is 0.710. The van der Waals surface area contributed by atoms with Crippen LogP contribution in [0.3, 0.4) is 0 Å². The first-order valence-electron chi connectivity index (χ1n) is 7.39. The molecule has 1 aromatic rings. The zero-order valence-corrected chi connectivity index (χ0v) is 14.0. The van der Waals surface area contributed by atoms with Crippen LogP contribution in [0.25, 0.3) is 0 Å². The highest BCUT2D eigenvalue weighted by Gasteiger charge is 2.30. The molecule has 0 saturated carbocycles. The first-order valence-corrected chi connectivity index (χ1v) is 8.83. The molecule has 0 aliphatic carbocycles. The fourth-order valence-electron chi connectivity index (χ4n) is 2.41. The third kappa shape index (κ3) is 4.39. The minimum absolute atomic E-state index is 0.113. The summed E-state index contributed by atoms with van der Waals surface area (Å²) in [5, 5.41) is 0. The standard InChI is InChI=1S/C14H23N3O4S/c1-4-20-14-13(6-5-7-15-14)8-16-22(18,19)17-9-11(2)21-12(3)10-17/h5-7,11-12,16H,4,8-10H2,1-3H3/t11-,12+. The summed E-state index contributed by atoms with van der Waals surface area (Å²) in [6.45, 7) is 6.93. The topological polar surface area (TPSA) is 80.8 Å². The van der Waals surface area contributed by atoms with E-state index in [1.807, 2.05) is 20.8 Å². The molecule has 1 fully saturated rings. The van der Waals surface area contributed by atoms with Crippen molar-refractivity contribution in [3.8, 4) is 5.88 Å². The molecule has 0 amide bonds. The molecule has 22 heavy (non-hydrogen) atoms. The van der Waals surface area contributed by atoms with Crippen molar-refractivity contribution in [2.75, 3.05) is 19.7 Å². The minimum atomic E-state index is -3.56. The van der Waals surface area contributed by atoms with Crippen LogP contribution in [-0.4, -0.2) is 49.6 Å². The van der Waals surface area contributed by atoms with Gasteiger partial charge in [0, 0.05) is 31.4 Å². The fraction of sp³-hybridized carbons (Fsp3) is 0.643. The summed E-state index contributed by atoms with van der Waals surface area (Å²) >= 11 is 0. The second kappa shape index (κ2) is 7.36. The molecule has 2 heterocycles. The summed E-state index contributed by atoms with van der Waals surface area (Å²) in [4.78, 5) is 4.12. The Kier molecular flexibility index (Phi) is 5.74. The molecule has 124 valence electrons. The van der Waals surface area contributed by atoms with Crippen LogP contribution in [0.5, 0.6) is 5.88 Å². The number of ether oxygens (including phenoxy) is 2. The lowest BCUT2D eigenvalue weighted by Crippen LogP contribution is -2.51. The lowest BCUT2D eigenvalue weighted by atomic mass is 10.3. The van der Waals surface area contributed by atoms with E-state index in [1.165, 1.54) is 4.31 Å². The predicted molar refractivity (Wildman–Crippen MR) is 82.7 cm³/mol. The maximum atomic E-state index is 12.4. The molecule has 0 aromatic carbocycles. The van der Waals surface area contributed by atoms with E-state index < -0.39 is 10.2 Å². The second-order valence-electron chi connectivity index (χ2n) is 5.30. The largest absolute Gasteiger partial charge is 0.478 e. The van der Waals surface area contributed by atoms with Gasteiger partial charge in [-0.15, -0.1) is 0 Å². The highest BCUT2D eigenvalue weighted by Crippen LogP contribution is 2.16. The average Bonchev–Trinajstić information content (AvgIpc) is 2.46. The molecular formula is C14H23N3O4S. The Hall–Kier alpha value is -1.22. The molecule has 1 aliphatic heterocycles. The predicted octanol–water partition coefficient (Wildman–Crippen LogP) is 0.924. The van der Waals surface area contributed by atoms with E-state index >= 15 is 0 Å². The Morgan fingerprint density at radius 1 is 1.41 bits per heavy atom. The molecule has 0 unspecified atom stereocenters. The quantitative estimate of drug-likeness (QED) is 0.839. The molecule has 1 aliphatic rings. The van der Waals surface area contributed by atoms with Crippen LogP contribution in [0.4, 0.5) is 0 Å². The Morgan fingerprint density at radius 3 is 2.73 bits per heavy atom. The Balaban J connectivity index is 2.04. The van der Waals surface area contributed by atoms with Crippen molar-refractivity contribution < 1.29 is 17.9 Å². The van der Waals surface area contributed by atoms with Crippen LogP contribution in [0, 0.1) is 0 Å². The smallest absolute Gasteiger partial charge is 0.279 e. The summed E-state index contributed by atoms with van der Waals surface area (Å²) in [5.74, 6) is 0.455. The van der Waals surface area contributed by atoms with Gasteiger partial charge in [-0.1, -0.05) is 6.07 Å². The van der Waals surface area contributed by atoms with E-state index in [2.05, 4.69) is 9.71 Å². The maximum absolute atomic E-state index is 12.4. The number of pyridine rings is 1. The van der Waals surface area contributed by atoms with Gasteiger partial charge in [-0.3, -0.25) is 0 Å². The highest BCUT2D eigenvalue weighted by molar-refractivity contribution is 7.87. The van der Waals surface area contributed by atoms with Crippen molar-refractivity contribution in [3.05, 3.63) is 23.9 Å². The van der Waals surface area contributed by atoms with Gasteiger partial charge in [-0.25, -0.2) is 4.98 Å². The summed E-state index contributed by atoms with van der Waals surface area (Å²) in [7, 11) is -3.56. The first-order chi connectivity index (χ1) is 10.4. The molecule has 1 aromatic heterocycles.